The average Bonchev–Trinajstić information content (AvgIpc) is 2.62. The molecule has 1 aromatic carbocycles. The lowest BCUT2D eigenvalue weighted by molar-refractivity contribution is -0.139. The SMILES string of the molecule is CC(C)(C(=O)N1CCC[C@@H](N2CCOCC2)C1)c1ccccc1. The molecule has 2 fully saturated rings. The molecule has 0 N–H and O–H groups in total. The van der Waals surface area contributed by atoms with Crippen molar-refractivity contribution in [2.45, 2.75) is 38.1 Å². The third kappa shape index (κ3) is 3.59. The van der Waals surface area contributed by atoms with E-state index >= 15 is 0 Å². The van der Waals surface area contributed by atoms with Gasteiger partial charge in [0.1, 0.15) is 0 Å². The molecule has 1 aromatic rings. The van der Waals surface area contributed by atoms with Crippen LogP contribution in [-0.2, 0) is 14.9 Å². The number of hydrogen-bond donors (Lipinski definition) is 0. The Morgan fingerprint density at radius 1 is 1.13 bits per heavy atom. The molecule has 4 heteroatoms. The molecule has 0 saturated carbocycles. The highest BCUT2D eigenvalue weighted by atomic mass is 16.5. The van der Waals surface area contributed by atoms with Gasteiger partial charge in [-0.1, -0.05) is 30.3 Å². The van der Waals surface area contributed by atoms with Gasteiger partial charge >= 0.3 is 0 Å². The molecule has 2 saturated heterocycles. The van der Waals surface area contributed by atoms with E-state index in [0.717, 1.165) is 51.4 Å². The second kappa shape index (κ2) is 7.02. The Morgan fingerprint density at radius 2 is 1.83 bits per heavy atom. The molecule has 2 aliphatic rings. The number of ether oxygens (including phenoxy) is 1. The van der Waals surface area contributed by atoms with Gasteiger partial charge in [-0.25, -0.2) is 0 Å². The van der Waals surface area contributed by atoms with Gasteiger partial charge in [-0.05, 0) is 32.3 Å². The van der Waals surface area contributed by atoms with Crippen molar-refractivity contribution in [3.8, 4) is 0 Å². The molecule has 4 nitrogen and oxygen atoms in total. The van der Waals surface area contributed by atoms with Gasteiger partial charge in [-0.2, -0.15) is 0 Å². The lowest BCUT2D eigenvalue weighted by atomic mass is 9.82. The van der Waals surface area contributed by atoms with Crippen molar-refractivity contribution in [1.82, 2.24) is 9.80 Å². The molecule has 0 aliphatic carbocycles. The van der Waals surface area contributed by atoms with Crippen LogP contribution in [0.4, 0.5) is 0 Å². The van der Waals surface area contributed by atoms with Crippen LogP contribution in [0.15, 0.2) is 30.3 Å². The van der Waals surface area contributed by atoms with E-state index in [0.29, 0.717) is 6.04 Å². The van der Waals surface area contributed by atoms with Gasteiger partial charge in [0.15, 0.2) is 0 Å². The normalized spacial score (nSPS) is 23.7. The Hall–Kier alpha value is -1.39. The van der Waals surface area contributed by atoms with Crippen molar-refractivity contribution in [2.75, 3.05) is 39.4 Å². The maximum absolute atomic E-state index is 13.1. The Kier molecular flexibility index (Phi) is 5.02. The fourth-order valence-corrected chi connectivity index (χ4v) is 3.75. The second-order valence-corrected chi connectivity index (χ2v) is 7.19. The first-order valence-corrected chi connectivity index (χ1v) is 8.76. The van der Waals surface area contributed by atoms with E-state index in [-0.39, 0.29) is 5.91 Å². The van der Waals surface area contributed by atoms with Crippen LogP contribution in [0.1, 0.15) is 32.3 Å². The molecule has 0 radical (unpaired) electrons. The highest BCUT2D eigenvalue weighted by Gasteiger charge is 2.37. The number of benzene rings is 1. The Bertz CT molecular complexity index is 523. The van der Waals surface area contributed by atoms with Crippen molar-refractivity contribution < 1.29 is 9.53 Å². The van der Waals surface area contributed by atoms with Gasteiger partial charge in [0, 0.05) is 32.2 Å². The minimum absolute atomic E-state index is 0.252. The van der Waals surface area contributed by atoms with E-state index in [9.17, 15) is 4.79 Å². The summed E-state index contributed by atoms with van der Waals surface area (Å²) in [5, 5.41) is 0. The van der Waals surface area contributed by atoms with Crippen molar-refractivity contribution >= 4 is 5.91 Å². The fraction of sp³-hybridized carbons (Fsp3) is 0.632. The Labute approximate surface area is 139 Å². The second-order valence-electron chi connectivity index (χ2n) is 7.19. The number of likely N-dealkylation sites (tertiary alicyclic amines) is 1. The first-order valence-electron chi connectivity index (χ1n) is 8.76. The monoisotopic (exact) mass is 316 g/mol. The van der Waals surface area contributed by atoms with Crippen molar-refractivity contribution in [3.05, 3.63) is 35.9 Å². The number of piperidine rings is 1. The lowest BCUT2D eigenvalue weighted by Gasteiger charge is -2.43. The standard InChI is InChI=1S/C19H28N2O2/c1-19(2,16-7-4-3-5-8-16)18(22)21-10-6-9-17(15-21)20-11-13-23-14-12-20/h3-5,7-8,17H,6,9-15H2,1-2H3/t17-/m1/s1. The maximum atomic E-state index is 13.1. The van der Waals surface area contributed by atoms with Crippen LogP contribution in [0.25, 0.3) is 0 Å². The minimum Gasteiger partial charge on any atom is -0.379 e. The zero-order valence-electron chi connectivity index (χ0n) is 14.3. The highest BCUT2D eigenvalue weighted by molar-refractivity contribution is 5.87. The van der Waals surface area contributed by atoms with Gasteiger partial charge in [0.05, 0.1) is 18.6 Å². The number of morpholine rings is 1. The summed E-state index contributed by atoms with van der Waals surface area (Å²) in [6.07, 6.45) is 2.29. The van der Waals surface area contributed by atoms with Gasteiger partial charge in [0.2, 0.25) is 5.91 Å². The molecule has 3 rings (SSSR count). The van der Waals surface area contributed by atoms with Crippen LogP contribution in [0, 0.1) is 0 Å². The van der Waals surface area contributed by atoms with E-state index in [1.54, 1.807) is 0 Å². The summed E-state index contributed by atoms with van der Waals surface area (Å²) in [6, 6.07) is 10.6. The highest BCUT2D eigenvalue weighted by Crippen LogP contribution is 2.28. The number of hydrogen-bond acceptors (Lipinski definition) is 3. The molecule has 0 aromatic heterocycles. The summed E-state index contributed by atoms with van der Waals surface area (Å²) >= 11 is 0. The minimum atomic E-state index is -0.464. The predicted octanol–water partition coefficient (Wildman–Crippen LogP) is 2.29. The van der Waals surface area contributed by atoms with E-state index in [1.165, 1.54) is 6.42 Å². The molecule has 0 unspecified atom stereocenters. The van der Waals surface area contributed by atoms with Crippen molar-refractivity contribution in [3.63, 3.8) is 0 Å². The zero-order valence-corrected chi connectivity index (χ0v) is 14.3. The third-order valence-electron chi connectivity index (χ3n) is 5.28. The smallest absolute Gasteiger partial charge is 0.232 e. The summed E-state index contributed by atoms with van der Waals surface area (Å²) < 4.78 is 5.45. The van der Waals surface area contributed by atoms with Crippen LogP contribution >= 0.6 is 0 Å². The number of nitrogens with zero attached hydrogens (tertiary/aromatic N) is 2. The van der Waals surface area contributed by atoms with Crippen LogP contribution < -0.4 is 0 Å². The zero-order chi connectivity index (χ0) is 16.3. The number of carbonyl (C=O) groups excluding carboxylic acids is 1. The van der Waals surface area contributed by atoms with Gasteiger partial charge in [0.25, 0.3) is 0 Å². The van der Waals surface area contributed by atoms with Crippen molar-refractivity contribution in [2.24, 2.45) is 0 Å². The first kappa shape index (κ1) is 16.5. The molecule has 126 valence electrons. The third-order valence-corrected chi connectivity index (χ3v) is 5.28. The number of amides is 1. The van der Waals surface area contributed by atoms with Gasteiger partial charge in [-0.15, -0.1) is 0 Å². The van der Waals surface area contributed by atoms with E-state index in [1.807, 2.05) is 32.0 Å². The van der Waals surface area contributed by atoms with Crippen LogP contribution in [0.3, 0.4) is 0 Å². The molecule has 2 heterocycles. The summed E-state index contributed by atoms with van der Waals surface area (Å²) in [5.41, 5.74) is 0.632. The molecule has 1 amide bonds. The van der Waals surface area contributed by atoms with Crippen LogP contribution in [0.5, 0.6) is 0 Å². The molecule has 0 bridgehead atoms. The molecule has 23 heavy (non-hydrogen) atoms. The van der Waals surface area contributed by atoms with E-state index in [2.05, 4.69) is 21.9 Å². The quantitative estimate of drug-likeness (QED) is 0.858. The Morgan fingerprint density at radius 3 is 2.52 bits per heavy atom. The summed E-state index contributed by atoms with van der Waals surface area (Å²) in [6.45, 7) is 9.46. The van der Waals surface area contributed by atoms with Gasteiger partial charge in [-0.3, -0.25) is 9.69 Å². The number of carbonyl (C=O) groups is 1. The molecule has 0 spiro atoms. The summed E-state index contributed by atoms with van der Waals surface area (Å²) in [5.74, 6) is 0.252. The first-order chi connectivity index (χ1) is 11.1. The topological polar surface area (TPSA) is 32.8 Å². The molecule has 1 atom stereocenters. The summed E-state index contributed by atoms with van der Waals surface area (Å²) in [7, 11) is 0. The fourth-order valence-electron chi connectivity index (χ4n) is 3.75. The largest absolute Gasteiger partial charge is 0.379 e. The Balaban J connectivity index is 1.69. The van der Waals surface area contributed by atoms with E-state index in [4.69, 9.17) is 4.74 Å². The molecular weight excluding hydrogens is 288 g/mol. The lowest BCUT2D eigenvalue weighted by Crippen LogP contribution is -2.55. The molecule has 2 aliphatic heterocycles. The maximum Gasteiger partial charge on any atom is 0.232 e. The predicted molar refractivity (Wildman–Crippen MR) is 91.5 cm³/mol. The van der Waals surface area contributed by atoms with Crippen LogP contribution in [-0.4, -0.2) is 61.1 Å². The van der Waals surface area contributed by atoms with Crippen LogP contribution in [0.2, 0.25) is 0 Å². The molecular formula is C19H28N2O2. The number of rotatable bonds is 3. The van der Waals surface area contributed by atoms with Crippen molar-refractivity contribution in [1.29, 1.82) is 0 Å². The average molecular weight is 316 g/mol. The van der Waals surface area contributed by atoms with E-state index < -0.39 is 5.41 Å². The summed E-state index contributed by atoms with van der Waals surface area (Å²) in [4.78, 5) is 17.7. The van der Waals surface area contributed by atoms with Gasteiger partial charge < -0.3 is 9.64 Å².